The molecule has 1 fully saturated rings. The van der Waals surface area contributed by atoms with E-state index in [1.165, 1.54) is 0 Å². The lowest BCUT2D eigenvalue weighted by Gasteiger charge is -2.23. The van der Waals surface area contributed by atoms with Crippen molar-refractivity contribution >= 4 is 23.2 Å². The van der Waals surface area contributed by atoms with Crippen molar-refractivity contribution in [2.75, 3.05) is 5.32 Å². The molecule has 1 aliphatic rings. The molecule has 1 aromatic rings. The Bertz CT molecular complexity index is 616. The first-order chi connectivity index (χ1) is 10.4. The molecule has 1 aliphatic carbocycles. The van der Waals surface area contributed by atoms with Crippen LogP contribution in [-0.2, 0) is 14.3 Å². The van der Waals surface area contributed by atoms with E-state index in [1.807, 2.05) is 0 Å². The molecule has 0 bridgehead atoms. The number of anilines is 1. The second-order valence-corrected chi connectivity index (χ2v) is 5.54. The number of rotatable bonds is 4. The third-order valence-corrected chi connectivity index (χ3v) is 3.38. The van der Waals surface area contributed by atoms with Crippen molar-refractivity contribution in [1.82, 2.24) is 0 Å². The maximum absolute atomic E-state index is 12.0. The van der Waals surface area contributed by atoms with E-state index in [0.717, 1.165) is 0 Å². The van der Waals surface area contributed by atoms with Gasteiger partial charge in [-0.15, -0.1) is 0 Å². The summed E-state index contributed by atoms with van der Waals surface area (Å²) in [5, 5.41) is 2.91. The van der Waals surface area contributed by atoms with E-state index < -0.39 is 12.0 Å². The predicted molar refractivity (Wildman–Crippen MR) is 82.8 cm³/mol. The molecule has 0 heterocycles. The fourth-order valence-corrected chi connectivity index (χ4v) is 2.19. The van der Waals surface area contributed by atoms with Crippen LogP contribution in [0.1, 0.15) is 37.0 Å². The number of hydrogen-bond acceptors (Lipinski definition) is 5. The molecule has 2 rings (SSSR count). The molecule has 0 radical (unpaired) electrons. The zero-order chi connectivity index (χ0) is 16.3. The molecule has 0 aliphatic heterocycles. The number of nitrogens with one attached hydrogen (secondary N) is 1. The molecule has 0 saturated heterocycles. The van der Waals surface area contributed by atoms with Gasteiger partial charge in [-0.25, -0.2) is 4.79 Å². The summed E-state index contributed by atoms with van der Waals surface area (Å²) in [5.74, 6) is -0.806. The van der Waals surface area contributed by atoms with Gasteiger partial charge >= 0.3 is 5.97 Å². The van der Waals surface area contributed by atoms with Crippen molar-refractivity contribution in [2.45, 2.75) is 38.8 Å². The Morgan fingerprint density at radius 1 is 1.23 bits per heavy atom. The van der Waals surface area contributed by atoms with Gasteiger partial charge in [0.05, 0.1) is 11.7 Å². The number of hydrogen-bond donors (Lipinski definition) is 1. The summed E-state index contributed by atoms with van der Waals surface area (Å²) in [6, 6.07) is 5.61. The Kier molecular flexibility index (Phi) is 4.75. The van der Waals surface area contributed by atoms with E-state index in [-0.39, 0.29) is 17.7 Å². The van der Waals surface area contributed by atoms with Gasteiger partial charge in [-0.05, 0) is 50.1 Å². The molecule has 1 N–H and O–H groups in total. The van der Waals surface area contributed by atoms with Gasteiger partial charge in [0.25, 0.3) is 0 Å². The molecule has 1 saturated carbocycles. The quantitative estimate of drug-likeness (QED) is 0.525. The number of benzene rings is 1. The summed E-state index contributed by atoms with van der Waals surface area (Å²) in [6.07, 6.45) is 0.561. The Morgan fingerprint density at radius 2 is 1.86 bits per heavy atom. The minimum absolute atomic E-state index is 0.138. The SMILES string of the molecule is C=C1CCC(=O)C(Nc2ccc(C(=O)OC(C)C)cc2)C1=O. The summed E-state index contributed by atoms with van der Waals surface area (Å²) in [5.41, 5.74) is 1.49. The number of esters is 1. The van der Waals surface area contributed by atoms with Crippen LogP contribution in [0.25, 0.3) is 0 Å². The maximum atomic E-state index is 12.0. The summed E-state index contributed by atoms with van der Waals surface area (Å²) >= 11 is 0. The number of ketones is 2. The number of ether oxygens (including phenoxy) is 1. The van der Waals surface area contributed by atoms with Gasteiger partial charge in [0.15, 0.2) is 11.6 Å². The summed E-state index contributed by atoms with van der Waals surface area (Å²) in [7, 11) is 0. The van der Waals surface area contributed by atoms with Crippen LogP contribution in [-0.4, -0.2) is 29.7 Å². The van der Waals surface area contributed by atoms with Crippen LogP contribution >= 0.6 is 0 Å². The van der Waals surface area contributed by atoms with Crippen LogP contribution in [0, 0.1) is 0 Å². The third-order valence-electron chi connectivity index (χ3n) is 3.38. The van der Waals surface area contributed by atoms with Gasteiger partial charge < -0.3 is 10.1 Å². The average Bonchev–Trinajstić information content (AvgIpc) is 2.47. The van der Waals surface area contributed by atoms with Crippen LogP contribution < -0.4 is 5.32 Å². The smallest absolute Gasteiger partial charge is 0.338 e. The summed E-state index contributed by atoms with van der Waals surface area (Å²) < 4.78 is 5.10. The highest BCUT2D eigenvalue weighted by molar-refractivity contribution is 6.17. The first kappa shape index (κ1) is 15.9. The largest absolute Gasteiger partial charge is 0.459 e. The first-order valence-corrected chi connectivity index (χ1v) is 7.20. The standard InChI is InChI=1S/C17H19NO4/c1-10(2)22-17(21)12-5-7-13(8-6-12)18-15-14(19)9-4-11(3)16(15)20/h5-8,10,15,18H,3-4,9H2,1-2H3. The molecule has 0 aromatic heterocycles. The topological polar surface area (TPSA) is 72.5 Å². The van der Waals surface area contributed by atoms with E-state index in [1.54, 1.807) is 38.1 Å². The van der Waals surface area contributed by atoms with Crippen molar-refractivity contribution < 1.29 is 19.1 Å². The fraction of sp³-hybridized carbons (Fsp3) is 0.353. The normalized spacial score (nSPS) is 18.5. The summed E-state index contributed by atoms with van der Waals surface area (Å²) in [4.78, 5) is 35.6. The fourth-order valence-electron chi connectivity index (χ4n) is 2.19. The molecule has 116 valence electrons. The Hall–Kier alpha value is -2.43. The molecule has 5 nitrogen and oxygen atoms in total. The molecular formula is C17H19NO4. The van der Waals surface area contributed by atoms with Gasteiger partial charge in [0.1, 0.15) is 6.04 Å². The van der Waals surface area contributed by atoms with Crippen molar-refractivity contribution in [1.29, 1.82) is 0 Å². The molecule has 5 heteroatoms. The highest BCUT2D eigenvalue weighted by Gasteiger charge is 2.32. The van der Waals surface area contributed by atoms with Gasteiger partial charge in [-0.3, -0.25) is 9.59 Å². The Morgan fingerprint density at radius 3 is 2.45 bits per heavy atom. The lowest BCUT2D eigenvalue weighted by Crippen LogP contribution is -2.41. The monoisotopic (exact) mass is 301 g/mol. The van der Waals surface area contributed by atoms with E-state index >= 15 is 0 Å². The second-order valence-electron chi connectivity index (χ2n) is 5.54. The van der Waals surface area contributed by atoms with Gasteiger partial charge in [-0.2, -0.15) is 0 Å². The molecule has 1 unspecified atom stereocenters. The van der Waals surface area contributed by atoms with Crippen LogP contribution in [0.3, 0.4) is 0 Å². The molecule has 22 heavy (non-hydrogen) atoms. The zero-order valence-corrected chi connectivity index (χ0v) is 12.7. The number of Topliss-reactive ketones (excluding diaryl/α,β-unsaturated/α-hetero) is 2. The summed E-state index contributed by atoms with van der Waals surface area (Å²) in [6.45, 7) is 7.24. The van der Waals surface area contributed by atoms with Crippen LogP contribution in [0.15, 0.2) is 36.4 Å². The van der Waals surface area contributed by atoms with Crippen molar-refractivity contribution in [3.63, 3.8) is 0 Å². The highest BCUT2D eigenvalue weighted by Crippen LogP contribution is 2.20. The minimum atomic E-state index is -0.880. The zero-order valence-electron chi connectivity index (χ0n) is 12.7. The highest BCUT2D eigenvalue weighted by atomic mass is 16.5. The van der Waals surface area contributed by atoms with Gasteiger partial charge in [0.2, 0.25) is 0 Å². The maximum Gasteiger partial charge on any atom is 0.338 e. The third kappa shape index (κ3) is 3.61. The number of carbonyl (C=O) groups excluding carboxylic acids is 3. The molecule has 0 spiro atoms. The molecule has 1 aromatic carbocycles. The van der Waals surface area contributed by atoms with Gasteiger partial charge in [-0.1, -0.05) is 6.58 Å². The Labute approximate surface area is 129 Å². The van der Waals surface area contributed by atoms with Crippen LogP contribution in [0.2, 0.25) is 0 Å². The van der Waals surface area contributed by atoms with E-state index in [0.29, 0.717) is 29.7 Å². The Balaban J connectivity index is 2.07. The van der Waals surface area contributed by atoms with Crippen LogP contribution in [0.5, 0.6) is 0 Å². The van der Waals surface area contributed by atoms with Crippen molar-refractivity contribution in [3.8, 4) is 0 Å². The van der Waals surface area contributed by atoms with E-state index in [4.69, 9.17) is 4.74 Å². The van der Waals surface area contributed by atoms with E-state index in [2.05, 4.69) is 11.9 Å². The lowest BCUT2D eigenvalue weighted by molar-refractivity contribution is -0.128. The molecule has 1 atom stereocenters. The van der Waals surface area contributed by atoms with Crippen molar-refractivity contribution in [2.24, 2.45) is 0 Å². The van der Waals surface area contributed by atoms with Crippen molar-refractivity contribution in [3.05, 3.63) is 42.0 Å². The predicted octanol–water partition coefficient (Wildman–Crippen LogP) is 2.52. The molecule has 0 amide bonds. The minimum Gasteiger partial charge on any atom is -0.459 e. The van der Waals surface area contributed by atoms with E-state index in [9.17, 15) is 14.4 Å². The van der Waals surface area contributed by atoms with Gasteiger partial charge in [0, 0.05) is 12.1 Å². The first-order valence-electron chi connectivity index (χ1n) is 7.20. The number of carbonyl (C=O) groups is 3. The van der Waals surface area contributed by atoms with Crippen LogP contribution in [0.4, 0.5) is 5.69 Å². The second kappa shape index (κ2) is 6.56. The lowest BCUT2D eigenvalue weighted by atomic mass is 9.89. The average molecular weight is 301 g/mol. The molecular weight excluding hydrogens is 282 g/mol.